The van der Waals surface area contributed by atoms with Gasteiger partial charge in [0.15, 0.2) is 0 Å². The van der Waals surface area contributed by atoms with Crippen LogP contribution >= 0.6 is 12.6 Å². The SMILES string of the molecule is CC(C)C(NC(=O)C(N)CS)C(=O)NC(CCCCN)C(=O)NC(Cc1c[nH]c2ccccc12)C(=O)O. The Hall–Kier alpha value is -3.09. The molecule has 0 bridgehead atoms. The van der Waals surface area contributed by atoms with E-state index in [1.54, 1.807) is 20.0 Å². The predicted octanol–water partition coefficient (Wildman–Crippen LogP) is 0.292. The van der Waals surface area contributed by atoms with Crippen molar-refractivity contribution in [2.24, 2.45) is 17.4 Å². The number of aliphatic carboxylic acids is 1. The Balaban J connectivity index is 2.17. The van der Waals surface area contributed by atoms with Gasteiger partial charge in [-0.05, 0) is 43.4 Å². The van der Waals surface area contributed by atoms with E-state index in [1.807, 2.05) is 24.3 Å². The number of carboxylic acid groups (broad SMARTS) is 1. The maximum atomic E-state index is 13.2. The number of amides is 3. The monoisotopic (exact) mass is 534 g/mol. The molecule has 0 fully saturated rings. The van der Waals surface area contributed by atoms with Crippen molar-refractivity contribution in [1.82, 2.24) is 20.9 Å². The second-order valence-corrected chi connectivity index (χ2v) is 9.69. The molecule has 0 aliphatic heterocycles. The summed E-state index contributed by atoms with van der Waals surface area (Å²) in [5, 5.41) is 18.5. The molecule has 0 saturated carbocycles. The molecule has 0 saturated heterocycles. The minimum absolute atomic E-state index is 0.0564. The first-order valence-corrected chi connectivity index (χ1v) is 13.0. The highest BCUT2D eigenvalue weighted by molar-refractivity contribution is 7.80. The number of rotatable bonds is 15. The fraction of sp³-hybridized carbons (Fsp3) is 0.520. The van der Waals surface area contributed by atoms with Crippen LogP contribution in [0.5, 0.6) is 0 Å². The van der Waals surface area contributed by atoms with Gasteiger partial charge in [-0.15, -0.1) is 0 Å². The van der Waals surface area contributed by atoms with Gasteiger partial charge in [-0.3, -0.25) is 14.4 Å². The normalized spacial score (nSPS) is 14.5. The van der Waals surface area contributed by atoms with Gasteiger partial charge in [-0.1, -0.05) is 32.0 Å². The number of thiol groups is 1. The smallest absolute Gasteiger partial charge is 0.326 e. The number of unbranched alkanes of at least 4 members (excludes halogenated alkanes) is 1. The highest BCUT2D eigenvalue weighted by Gasteiger charge is 2.31. The fourth-order valence-electron chi connectivity index (χ4n) is 3.89. The zero-order valence-corrected chi connectivity index (χ0v) is 22.1. The first kappa shape index (κ1) is 30.1. The molecular formula is C25H38N6O5S. The van der Waals surface area contributed by atoms with Crippen LogP contribution in [0, 0.1) is 5.92 Å². The van der Waals surface area contributed by atoms with E-state index < -0.39 is 47.9 Å². The third-order valence-corrected chi connectivity index (χ3v) is 6.47. The van der Waals surface area contributed by atoms with Gasteiger partial charge in [-0.25, -0.2) is 4.79 Å². The summed E-state index contributed by atoms with van der Waals surface area (Å²) in [4.78, 5) is 53.7. The molecule has 204 valence electrons. The molecule has 0 aliphatic rings. The number of carbonyl (C=O) groups is 4. The van der Waals surface area contributed by atoms with Gasteiger partial charge >= 0.3 is 5.97 Å². The molecule has 4 unspecified atom stereocenters. The second-order valence-electron chi connectivity index (χ2n) is 9.33. The molecule has 2 aromatic rings. The van der Waals surface area contributed by atoms with E-state index in [-0.39, 0.29) is 24.5 Å². The van der Waals surface area contributed by atoms with Crippen molar-refractivity contribution >= 4 is 47.2 Å². The number of carbonyl (C=O) groups excluding carboxylic acids is 3. The minimum atomic E-state index is -1.21. The summed E-state index contributed by atoms with van der Waals surface area (Å²) in [6.45, 7) is 3.91. The van der Waals surface area contributed by atoms with Crippen LogP contribution in [0.15, 0.2) is 30.5 Å². The molecule has 3 amide bonds. The molecule has 1 aromatic heterocycles. The Bertz CT molecular complexity index is 1070. The zero-order chi connectivity index (χ0) is 27.5. The van der Waals surface area contributed by atoms with E-state index in [2.05, 4.69) is 33.6 Å². The number of aromatic nitrogens is 1. The van der Waals surface area contributed by atoms with Gasteiger partial charge in [0.25, 0.3) is 0 Å². The van der Waals surface area contributed by atoms with Gasteiger partial charge in [-0.2, -0.15) is 12.6 Å². The highest BCUT2D eigenvalue weighted by Crippen LogP contribution is 2.19. The van der Waals surface area contributed by atoms with Gasteiger partial charge in [0.1, 0.15) is 18.1 Å². The van der Waals surface area contributed by atoms with Crippen LogP contribution in [0.4, 0.5) is 0 Å². The number of hydrogen-bond acceptors (Lipinski definition) is 7. The molecule has 0 aliphatic carbocycles. The fourth-order valence-corrected chi connectivity index (χ4v) is 4.06. The van der Waals surface area contributed by atoms with Crippen molar-refractivity contribution in [2.75, 3.05) is 12.3 Å². The number of H-pyrrole nitrogens is 1. The van der Waals surface area contributed by atoms with Crippen molar-refractivity contribution in [3.8, 4) is 0 Å². The lowest BCUT2D eigenvalue weighted by molar-refractivity contribution is -0.142. The van der Waals surface area contributed by atoms with Crippen molar-refractivity contribution in [1.29, 1.82) is 0 Å². The standard InChI is InChI=1S/C25H38N6O5S/c1-14(2)21(31-22(32)17(27)13-37)24(34)29-19(9-5-6-10-26)23(33)30-20(25(35)36)11-15-12-28-18-8-4-3-7-16(15)18/h3-4,7-8,12,14,17,19-21,28,37H,5-6,9-11,13,26-27H2,1-2H3,(H,29,34)(H,30,33)(H,31,32)(H,35,36). The third-order valence-electron chi connectivity index (χ3n) is 6.07. The Morgan fingerprint density at radius 2 is 1.68 bits per heavy atom. The molecule has 1 heterocycles. The highest BCUT2D eigenvalue weighted by atomic mass is 32.1. The van der Waals surface area contributed by atoms with E-state index >= 15 is 0 Å². The van der Waals surface area contributed by atoms with E-state index in [1.165, 1.54) is 0 Å². The molecular weight excluding hydrogens is 496 g/mol. The summed E-state index contributed by atoms with van der Waals surface area (Å²) in [5.74, 6) is -3.10. The number of benzene rings is 1. The Morgan fingerprint density at radius 1 is 1.00 bits per heavy atom. The maximum Gasteiger partial charge on any atom is 0.326 e. The van der Waals surface area contributed by atoms with E-state index in [4.69, 9.17) is 11.5 Å². The summed E-state index contributed by atoms with van der Waals surface area (Å²) < 4.78 is 0. The number of para-hydroxylation sites is 1. The van der Waals surface area contributed by atoms with Gasteiger partial charge in [0, 0.05) is 29.3 Å². The quantitative estimate of drug-likeness (QED) is 0.119. The van der Waals surface area contributed by atoms with Crippen LogP contribution in [0.25, 0.3) is 10.9 Å². The molecule has 11 nitrogen and oxygen atoms in total. The minimum Gasteiger partial charge on any atom is -0.480 e. The molecule has 0 radical (unpaired) electrons. The lowest BCUT2D eigenvalue weighted by Crippen LogP contribution is -2.58. The first-order chi connectivity index (χ1) is 17.6. The average Bonchev–Trinajstić information content (AvgIpc) is 3.27. The summed E-state index contributed by atoms with van der Waals surface area (Å²) in [6, 6.07) is 3.42. The molecule has 1 aromatic carbocycles. The topological polar surface area (TPSA) is 192 Å². The summed E-state index contributed by atoms with van der Waals surface area (Å²) in [5.41, 5.74) is 12.9. The number of aromatic amines is 1. The van der Waals surface area contributed by atoms with Gasteiger partial charge in [0.2, 0.25) is 17.7 Å². The average molecular weight is 535 g/mol. The largest absolute Gasteiger partial charge is 0.480 e. The molecule has 12 heteroatoms. The van der Waals surface area contributed by atoms with Crippen molar-refractivity contribution in [3.05, 3.63) is 36.0 Å². The number of nitrogens with one attached hydrogen (secondary N) is 4. The van der Waals surface area contributed by atoms with Crippen LogP contribution in [0.2, 0.25) is 0 Å². The number of nitrogens with two attached hydrogens (primary N) is 2. The Labute approximate surface area is 221 Å². The van der Waals surface area contributed by atoms with Crippen LogP contribution in [-0.4, -0.2) is 70.2 Å². The lowest BCUT2D eigenvalue weighted by atomic mass is 10.0. The van der Waals surface area contributed by atoms with Crippen molar-refractivity contribution in [2.45, 2.75) is 63.7 Å². The summed E-state index contributed by atoms with van der Waals surface area (Å²) in [7, 11) is 0. The number of carboxylic acids is 1. The van der Waals surface area contributed by atoms with E-state index in [0.29, 0.717) is 19.4 Å². The van der Waals surface area contributed by atoms with Crippen molar-refractivity contribution in [3.63, 3.8) is 0 Å². The van der Waals surface area contributed by atoms with Crippen molar-refractivity contribution < 1.29 is 24.3 Å². The second kappa shape index (κ2) is 14.6. The van der Waals surface area contributed by atoms with Crippen LogP contribution in [-0.2, 0) is 25.6 Å². The van der Waals surface area contributed by atoms with E-state index in [9.17, 15) is 24.3 Å². The molecule has 0 spiro atoms. The molecule has 9 N–H and O–H groups in total. The number of hydrogen-bond donors (Lipinski definition) is 8. The van der Waals surface area contributed by atoms with Gasteiger partial charge in [0.05, 0.1) is 6.04 Å². The van der Waals surface area contributed by atoms with Crippen LogP contribution in [0.3, 0.4) is 0 Å². The van der Waals surface area contributed by atoms with E-state index in [0.717, 1.165) is 16.5 Å². The zero-order valence-electron chi connectivity index (χ0n) is 21.2. The lowest BCUT2D eigenvalue weighted by Gasteiger charge is -2.27. The summed E-state index contributed by atoms with van der Waals surface area (Å²) in [6.07, 6.45) is 3.19. The molecule has 2 rings (SSSR count). The Morgan fingerprint density at radius 3 is 2.30 bits per heavy atom. The van der Waals surface area contributed by atoms with Crippen LogP contribution in [0.1, 0.15) is 38.7 Å². The third kappa shape index (κ3) is 8.76. The maximum absolute atomic E-state index is 13.2. The molecule has 4 atom stereocenters. The summed E-state index contributed by atoms with van der Waals surface area (Å²) >= 11 is 4.01. The van der Waals surface area contributed by atoms with Gasteiger partial charge < -0.3 is 37.5 Å². The number of fused-ring (bicyclic) bond motifs is 1. The van der Waals surface area contributed by atoms with Crippen LogP contribution < -0.4 is 27.4 Å². The predicted molar refractivity (Wildman–Crippen MR) is 145 cm³/mol. The Kier molecular flexibility index (Phi) is 11.9. The first-order valence-electron chi connectivity index (χ1n) is 12.3. The molecule has 37 heavy (non-hydrogen) atoms.